The molecule has 1 aliphatic rings. The average Bonchev–Trinajstić information content (AvgIpc) is 2.18. The van der Waals surface area contributed by atoms with Crippen LogP contribution in [0.2, 0.25) is 0 Å². The van der Waals surface area contributed by atoms with E-state index in [0.29, 0.717) is 12.5 Å². The van der Waals surface area contributed by atoms with E-state index in [1.165, 1.54) is 4.90 Å². The minimum absolute atomic E-state index is 0.0854. The third-order valence-electron chi connectivity index (χ3n) is 2.73. The van der Waals surface area contributed by atoms with E-state index in [2.05, 4.69) is 0 Å². The van der Waals surface area contributed by atoms with Crippen LogP contribution in [-0.2, 0) is 4.74 Å². The van der Waals surface area contributed by atoms with Crippen molar-refractivity contribution < 1.29 is 14.6 Å². The number of amides is 1. The zero-order valence-corrected chi connectivity index (χ0v) is 9.19. The average molecular weight is 216 g/mol. The first-order chi connectivity index (χ1) is 7.09. The van der Waals surface area contributed by atoms with Crippen LogP contribution >= 0.6 is 0 Å². The normalized spacial score (nSPS) is 23.5. The van der Waals surface area contributed by atoms with Gasteiger partial charge in [-0.3, -0.25) is 0 Å². The maximum absolute atomic E-state index is 10.6. The molecule has 1 amide bonds. The Bertz CT molecular complexity index is 205. The Balaban J connectivity index is 2.22. The molecule has 1 fully saturated rings. The molecule has 0 aromatic heterocycles. The fraction of sp³-hybridized carbons (Fsp3) is 0.900. The fourth-order valence-electron chi connectivity index (χ4n) is 1.93. The van der Waals surface area contributed by atoms with Gasteiger partial charge >= 0.3 is 6.09 Å². The third-order valence-corrected chi connectivity index (χ3v) is 2.73. The first-order valence-corrected chi connectivity index (χ1v) is 5.37. The summed E-state index contributed by atoms with van der Waals surface area (Å²) < 4.78 is 5.35. The zero-order valence-electron chi connectivity index (χ0n) is 9.19. The van der Waals surface area contributed by atoms with E-state index in [1.54, 1.807) is 7.05 Å². The summed E-state index contributed by atoms with van der Waals surface area (Å²) >= 11 is 0. The molecule has 1 aliphatic heterocycles. The van der Waals surface area contributed by atoms with E-state index in [-0.39, 0.29) is 6.04 Å². The predicted molar refractivity (Wildman–Crippen MR) is 56.8 cm³/mol. The molecule has 0 bridgehead atoms. The van der Waals surface area contributed by atoms with Gasteiger partial charge in [-0.05, 0) is 25.2 Å². The van der Waals surface area contributed by atoms with Crippen molar-refractivity contribution in [1.82, 2.24) is 4.90 Å². The summed E-state index contributed by atoms with van der Waals surface area (Å²) in [5, 5.41) is 8.68. The van der Waals surface area contributed by atoms with Gasteiger partial charge in [0.2, 0.25) is 0 Å². The molecule has 0 aromatic rings. The van der Waals surface area contributed by atoms with Crippen LogP contribution in [0, 0.1) is 5.92 Å². The summed E-state index contributed by atoms with van der Waals surface area (Å²) in [6, 6.07) is -0.0854. The van der Waals surface area contributed by atoms with Crippen LogP contribution in [0.25, 0.3) is 0 Å². The van der Waals surface area contributed by atoms with Crippen LogP contribution in [0.15, 0.2) is 0 Å². The SMILES string of the molecule is CN(C[C@H](N)C[C@@H]1CCCOC1)C(=O)O. The van der Waals surface area contributed by atoms with E-state index in [4.69, 9.17) is 15.6 Å². The molecule has 1 heterocycles. The largest absolute Gasteiger partial charge is 0.465 e. The Morgan fingerprint density at radius 3 is 3.00 bits per heavy atom. The molecule has 0 aromatic carbocycles. The standard InChI is InChI=1S/C10H20N2O3/c1-12(10(13)14)6-9(11)5-8-3-2-4-15-7-8/h8-9H,2-7,11H2,1H3,(H,13,14)/t8-,9+/m0/s1. The van der Waals surface area contributed by atoms with Gasteiger partial charge in [0, 0.05) is 32.8 Å². The van der Waals surface area contributed by atoms with E-state index in [0.717, 1.165) is 32.5 Å². The van der Waals surface area contributed by atoms with E-state index >= 15 is 0 Å². The monoisotopic (exact) mass is 216 g/mol. The summed E-state index contributed by atoms with van der Waals surface area (Å²) in [5.41, 5.74) is 5.88. The lowest BCUT2D eigenvalue weighted by Gasteiger charge is -2.26. The van der Waals surface area contributed by atoms with Crippen molar-refractivity contribution in [3.05, 3.63) is 0 Å². The highest BCUT2D eigenvalue weighted by Crippen LogP contribution is 2.18. The molecule has 5 nitrogen and oxygen atoms in total. The lowest BCUT2D eigenvalue weighted by Crippen LogP contribution is -2.40. The van der Waals surface area contributed by atoms with Crippen LogP contribution < -0.4 is 5.73 Å². The number of nitrogens with two attached hydrogens (primary N) is 1. The molecule has 3 N–H and O–H groups in total. The van der Waals surface area contributed by atoms with E-state index < -0.39 is 6.09 Å². The Morgan fingerprint density at radius 1 is 1.73 bits per heavy atom. The smallest absolute Gasteiger partial charge is 0.407 e. The second-order valence-corrected chi connectivity index (χ2v) is 4.24. The first kappa shape index (κ1) is 12.3. The molecule has 15 heavy (non-hydrogen) atoms. The van der Waals surface area contributed by atoms with Gasteiger partial charge in [-0.2, -0.15) is 0 Å². The number of likely N-dealkylation sites (N-methyl/N-ethyl adjacent to an activating group) is 1. The third kappa shape index (κ3) is 4.48. The molecule has 0 unspecified atom stereocenters. The number of carboxylic acid groups (broad SMARTS) is 1. The highest BCUT2D eigenvalue weighted by molar-refractivity contribution is 5.64. The van der Waals surface area contributed by atoms with Gasteiger partial charge in [0.15, 0.2) is 0 Å². The van der Waals surface area contributed by atoms with Crippen molar-refractivity contribution in [3.63, 3.8) is 0 Å². The Hall–Kier alpha value is -0.810. The van der Waals surface area contributed by atoms with Gasteiger partial charge < -0.3 is 20.5 Å². The number of rotatable bonds is 4. The molecular formula is C10H20N2O3. The van der Waals surface area contributed by atoms with Crippen molar-refractivity contribution >= 4 is 6.09 Å². The lowest BCUT2D eigenvalue weighted by atomic mass is 9.94. The van der Waals surface area contributed by atoms with Gasteiger partial charge in [0.05, 0.1) is 0 Å². The Morgan fingerprint density at radius 2 is 2.47 bits per heavy atom. The number of hydrogen-bond donors (Lipinski definition) is 2. The Labute approximate surface area is 90.2 Å². The van der Waals surface area contributed by atoms with Gasteiger partial charge in [-0.25, -0.2) is 4.79 Å². The predicted octanol–water partition coefficient (Wildman–Crippen LogP) is 0.740. The van der Waals surface area contributed by atoms with E-state index in [1.807, 2.05) is 0 Å². The maximum atomic E-state index is 10.6. The quantitative estimate of drug-likeness (QED) is 0.726. The van der Waals surface area contributed by atoms with Crippen LogP contribution in [0.5, 0.6) is 0 Å². The highest BCUT2D eigenvalue weighted by Gasteiger charge is 2.19. The molecule has 0 aliphatic carbocycles. The summed E-state index contributed by atoms with van der Waals surface area (Å²) in [6.45, 7) is 2.01. The molecular weight excluding hydrogens is 196 g/mol. The Kier molecular flexibility index (Phi) is 4.84. The topological polar surface area (TPSA) is 75.8 Å². The van der Waals surface area contributed by atoms with Gasteiger partial charge in [0.1, 0.15) is 0 Å². The van der Waals surface area contributed by atoms with Crippen LogP contribution in [0.4, 0.5) is 4.79 Å². The number of carbonyl (C=O) groups is 1. The van der Waals surface area contributed by atoms with Crippen molar-refractivity contribution in [3.8, 4) is 0 Å². The minimum Gasteiger partial charge on any atom is -0.465 e. The molecule has 0 radical (unpaired) electrons. The number of hydrogen-bond acceptors (Lipinski definition) is 3. The van der Waals surface area contributed by atoms with E-state index in [9.17, 15) is 4.79 Å². The first-order valence-electron chi connectivity index (χ1n) is 5.37. The van der Waals surface area contributed by atoms with Gasteiger partial charge in [-0.15, -0.1) is 0 Å². The molecule has 0 spiro atoms. The molecule has 88 valence electrons. The molecule has 1 saturated heterocycles. The van der Waals surface area contributed by atoms with Crippen molar-refractivity contribution in [2.75, 3.05) is 26.8 Å². The van der Waals surface area contributed by atoms with Gasteiger partial charge in [-0.1, -0.05) is 0 Å². The second-order valence-electron chi connectivity index (χ2n) is 4.24. The molecule has 0 saturated carbocycles. The van der Waals surface area contributed by atoms with Crippen molar-refractivity contribution in [1.29, 1.82) is 0 Å². The van der Waals surface area contributed by atoms with Crippen molar-refractivity contribution in [2.24, 2.45) is 11.7 Å². The number of nitrogens with zero attached hydrogens (tertiary/aromatic N) is 1. The fourth-order valence-corrected chi connectivity index (χ4v) is 1.93. The van der Waals surface area contributed by atoms with Gasteiger partial charge in [0.25, 0.3) is 0 Å². The maximum Gasteiger partial charge on any atom is 0.407 e. The van der Waals surface area contributed by atoms with Crippen LogP contribution in [0.1, 0.15) is 19.3 Å². The summed E-state index contributed by atoms with van der Waals surface area (Å²) in [7, 11) is 1.54. The summed E-state index contributed by atoms with van der Waals surface area (Å²) in [5.74, 6) is 0.496. The van der Waals surface area contributed by atoms with Crippen LogP contribution in [0.3, 0.4) is 0 Å². The second kappa shape index (κ2) is 5.92. The number of ether oxygens (including phenoxy) is 1. The van der Waals surface area contributed by atoms with Crippen LogP contribution in [-0.4, -0.2) is 48.9 Å². The highest BCUT2D eigenvalue weighted by atomic mass is 16.5. The molecule has 2 atom stereocenters. The molecule has 1 rings (SSSR count). The van der Waals surface area contributed by atoms with Crippen molar-refractivity contribution in [2.45, 2.75) is 25.3 Å². The zero-order chi connectivity index (χ0) is 11.3. The molecule has 5 heteroatoms. The summed E-state index contributed by atoms with van der Waals surface area (Å²) in [6.07, 6.45) is 2.15. The minimum atomic E-state index is -0.926. The lowest BCUT2D eigenvalue weighted by molar-refractivity contribution is 0.0478. The summed E-state index contributed by atoms with van der Waals surface area (Å²) in [4.78, 5) is 11.8.